The summed E-state index contributed by atoms with van der Waals surface area (Å²) in [5.41, 5.74) is -0.246. The molecule has 1 atom stereocenters. The van der Waals surface area contributed by atoms with Gasteiger partial charge < -0.3 is 9.64 Å². The molecule has 8 heteroatoms. The van der Waals surface area contributed by atoms with Crippen molar-refractivity contribution in [1.82, 2.24) is 9.78 Å². The van der Waals surface area contributed by atoms with Gasteiger partial charge in [0.25, 0.3) is 0 Å². The predicted molar refractivity (Wildman–Crippen MR) is 85.3 cm³/mol. The highest BCUT2D eigenvalue weighted by molar-refractivity contribution is 5.79. The summed E-state index contributed by atoms with van der Waals surface area (Å²) >= 11 is 0. The fraction of sp³-hybridized carbons (Fsp3) is 0.733. The SMILES string of the molecule is CCOC(=O)C1(C(C)C)CCN(c2c([N+](=O)[O-])c(C)nn2C)C1. The quantitative estimate of drug-likeness (QED) is 0.468. The standard InChI is InChI=1S/C15H24N4O4/c1-6-23-14(20)15(10(2)3)7-8-18(9-15)13-12(19(21)22)11(4)16-17(13)5/h10H,6-9H2,1-5H3. The summed E-state index contributed by atoms with van der Waals surface area (Å²) in [6.07, 6.45) is 0.616. The monoisotopic (exact) mass is 324 g/mol. The van der Waals surface area contributed by atoms with Crippen LogP contribution in [0.3, 0.4) is 0 Å². The van der Waals surface area contributed by atoms with Crippen molar-refractivity contribution in [3.05, 3.63) is 15.8 Å². The maximum Gasteiger partial charge on any atom is 0.333 e. The van der Waals surface area contributed by atoms with Gasteiger partial charge in [0.15, 0.2) is 0 Å². The minimum atomic E-state index is -0.637. The Bertz CT molecular complexity index is 625. The lowest BCUT2D eigenvalue weighted by Crippen LogP contribution is -2.41. The molecule has 128 valence electrons. The number of hydrogen-bond acceptors (Lipinski definition) is 6. The van der Waals surface area contributed by atoms with Gasteiger partial charge in [-0.15, -0.1) is 0 Å². The average Bonchev–Trinajstić information content (AvgIpc) is 3.00. The van der Waals surface area contributed by atoms with E-state index in [0.717, 1.165) is 0 Å². The van der Waals surface area contributed by atoms with Crippen molar-refractivity contribution >= 4 is 17.5 Å². The second-order valence-corrected chi connectivity index (χ2v) is 6.34. The Labute approximate surface area is 135 Å². The number of nitro groups is 1. The fourth-order valence-electron chi connectivity index (χ4n) is 3.37. The van der Waals surface area contributed by atoms with Crippen LogP contribution >= 0.6 is 0 Å². The van der Waals surface area contributed by atoms with Crippen LogP contribution in [-0.2, 0) is 16.6 Å². The molecule has 0 radical (unpaired) electrons. The van der Waals surface area contributed by atoms with Crippen molar-refractivity contribution in [1.29, 1.82) is 0 Å². The second kappa shape index (κ2) is 6.17. The molecule has 2 heterocycles. The van der Waals surface area contributed by atoms with Crippen LogP contribution in [-0.4, -0.2) is 40.4 Å². The Kier molecular flexibility index (Phi) is 4.63. The van der Waals surface area contributed by atoms with Gasteiger partial charge in [0.05, 0.1) is 16.9 Å². The molecule has 1 aromatic rings. The van der Waals surface area contributed by atoms with Gasteiger partial charge in [0.2, 0.25) is 5.82 Å². The maximum atomic E-state index is 12.5. The molecule has 0 spiro atoms. The molecule has 2 rings (SSSR count). The van der Waals surface area contributed by atoms with Gasteiger partial charge in [0.1, 0.15) is 5.69 Å². The fourth-order valence-corrected chi connectivity index (χ4v) is 3.37. The summed E-state index contributed by atoms with van der Waals surface area (Å²) in [5.74, 6) is 0.318. The smallest absolute Gasteiger partial charge is 0.333 e. The van der Waals surface area contributed by atoms with Crippen LogP contribution in [0, 0.1) is 28.4 Å². The van der Waals surface area contributed by atoms with Crippen LogP contribution in [0.4, 0.5) is 11.5 Å². The molecular formula is C15H24N4O4. The van der Waals surface area contributed by atoms with Gasteiger partial charge in [-0.2, -0.15) is 5.10 Å². The summed E-state index contributed by atoms with van der Waals surface area (Å²) in [5, 5.41) is 15.5. The molecule has 8 nitrogen and oxygen atoms in total. The number of carbonyl (C=O) groups excluding carboxylic acids is 1. The van der Waals surface area contributed by atoms with Crippen molar-refractivity contribution in [2.75, 3.05) is 24.6 Å². The summed E-state index contributed by atoms with van der Waals surface area (Å²) in [6, 6.07) is 0. The second-order valence-electron chi connectivity index (χ2n) is 6.34. The lowest BCUT2D eigenvalue weighted by molar-refractivity contribution is -0.384. The van der Waals surface area contributed by atoms with E-state index < -0.39 is 10.3 Å². The molecule has 1 aromatic heterocycles. The van der Waals surface area contributed by atoms with Crippen LogP contribution in [0.2, 0.25) is 0 Å². The molecule has 1 aliphatic rings. The van der Waals surface area contributed by atoms with Crippen LogP contribution in [0.15, 0.2) is 0 Å². The van der Waals surface area contributed by atoms with Crippen molar-refractivity contribution in [3.8, 4) is 0 Å². The highest BCUT2D eigenvalue weighted by Gasteiger charge is 2.50. The third kappa shape index (κ3) is 2.77. The van der Waals surface area contributed by atoms with Crippen molar-refractivity contribution in [2.24, 2.45) is 18.4 Å². The van der Waals surface area contributed by atoms with E-state index in [1.165, 1.54) is 4.68 Å². The van der Waals surface area contributed by atoms with E-state index in [1.54, 1.807) is 20.9 Å². The molecule has 1 saturated heterocycles. The van der Waals surface area contributed by atoms with E-state index >= 15 is 0 Å². The van der Waals surface area contributed by atoms with Crippen LogP contribution in [0.5, 0.6) is 0 Å². The highest BCUT2D eigenvalue weighted by atomic mass is 16.6. The van der Waals surface area contributed by atoms with E-state index in [0.29, 0.717) is 37.6 Å². The van der Waals surface area contributed by atoms with E-state index in [-0.39, 0.29) is 17.6 Å². The Morgan fingerprint density at radius 2 is 2.17 bits per heavy atom. The van der Waals surface area contributed by atoms with Crippen molar-refractivity contribution in [2.45, 2.75) is 34.1 Å². The zero-order valence-electron chi connectivity index (χ0n) is 14.3. The summed E-state index contributed by atoms with van der Waals surface area (Å²) < 4.78 is 6.79. The van der Waals surface area contributed by atoms with Crippen LogP contribution < -0.4 is 4.90 Å². The Morgan fingerprint density at radius 1 is 1.52 bits per heavy atom. The van der Waals surface area contributed by atoms with E-state index in [9.17, 15) is 14.9 Å². The van der Waals surface area contributed by atoms with E-state index in [2.05, 4.69) is 5.10 Å². The first-order valence-electron chi connectivity index (χ1n) is 7.84. The Hall–Kier alpha value is -2.12. The van der Waals surface area contributed by atoms with Crippen LogP contribution in [0.25, 0.3) is 0 Å². The highest BCUT2D eigenvalue weighted by Crippen LogP contribution is 2.43. The summed E-state index contributed by atoms with van der Waals surface area (Å²) in [4.78, 5) is 25.3. The molecule has 23 heavy (non-hydrogen) atoms. The number of carbonyl (C=O) groups is 1. The van der Waals surface area contributed by atoms with Gasteiger partial charge in [-0.05, 0) is 26.2 Å². The molecular weight excluding hydrogens is 300 g/mol. The summed E-state index contributed by atoms with van der Waals surface area (Å²) in [7, 11) is 1.69. The van der Waals surface area contributed by atoms with Gasteiger partial charge in [-0.3, -0.25) is 14.9 Å². The summed E-state index contributed by atoms with van der Waals surface area (Å²) in [6.45, 7) is 8.69. The number of rotatable bonds is 5. The molecule has 0 saturated carbocycles. The molecule has 0 aromatic carbocycles. The maximum absolute atomic E-state index is 12.5. The van der Waals surface area contributed by atoms with E-state index in [1.807, 2.05) is 18.7 Å². The lowest BCUT2D eigenvalue weighted by atomic mass is 9.76. The number of esters is 1. The molecule has 0 N–H and O–H groups in total. The number of hydrogen-bond donors (Lipinski definition) is 0. The molecule has 1 fully saturated rings. The number of ether oxygens (including phenoxy) is 1. The van der Waals surface area contributed by atoms with Gasteiger partial charge >= 0.3 is 11.7 Å². The minimum absolute atomic E-state index is 0.0101. The number of anilines is 1. The predicted octanol–water partition coefficient (Wildman–Crippen LogP) is 2.05. The van der Waals surface area contributed by atoms with Crippen LogP contribution in [0.1, 0.15) is 32.9 Å². The first-order valence-corrected chi connectivity index (χ1v) is 7.84. The third-order valence-corrected chi connectivity index (χ3v) is 4.73. The average molecular weight is 324 g/mol. The normalized spacial score (nSPS) is 21.0. The van der Waals surface area contributed by atoms with Crippen molar-refractivity contribution < 1.29 is 14.5 Å². The number of nitrogens with zero attached hydrogens (tertiary/aromatic N) is 4. The molecule has 0 amide bonds. The number of aromatic nitrogens is 2. The van der Waals surface area contributed by atoms with Crippen molar-refractivity contribution in [3.63, 3.8) is 0 Å². The third-order valence-electron chi connectivity index (χ3n) is 4.73. The Morgan fingerprint density at radius 3 is 2.70 bits per heavy atom. The van der Waals surface area contributed by atoms with Gasteiger partial charge in [0, 0.05) is 20.1 Å². The minimum Gasteiger partial charge on any atom is -0.466 e. The molecule has 0 bridgehead atoms. The molecule has 1 unspecified atom stereocenters. The molecule has 0 aliphatic carbocycles. The lowest BCUT2D eigenvalue weighted by Gasteiger charge is -2.31. The largest absolute Gasteiger partial charge is 0.466 e. The zero-order valence-corrected chi connectivity index (χ0v) is 14.3. The first-order chi connectivity index (χ1) is 10.7. The van der Waals surface area contributed by atoms with Gasteiger partial charge in [-0.25, -0.2) is 4.68 Å². The first kappa shape index (κ1) is 17.2. The Balaban J connectivity index is 2.39. The number of aryl methyl sites for hydroxylation is 2. The zero-order chi connectivity index (χ0) is 17.4. The van der Waals surface area contributed by atoms with E-state index in [4.69, 9.17) is 4.74 Å². The molecule has 1 aliphatic heterocycles. The topological polar surface area (TPSA) is 90.5 Å². The van der Waals surface area contributed by atoms with Gasteiger partial charge in [-0.1, -0.05) is 13.8 Å².